The molecule has 0 saturated heterocycles. The Bertz CT molecular complexity index is 544. The lowest BCUT2D eigenvalue weighted by molar-refractivity contribution is -0.448. The van der Waals surface area contributed by atoms with Crippen molar-refractivity contribution in [3.8, 4) is 0 Å². The third kappa shape index (κ3) is 2.77. The highest BCUT2D eigenvalue weighted by Crippen LogP contribution is 2.19. The molecule has 0 unspecified atom stereocenters. The van der Waals surface area contributed by atoms with E-state index in [1.54, 1.807) is 0 Å². The molecular weight excluding hydrogens is 220 g/mol. The third-order valence-electron chi connectivity index (χ3n) is 3.10. The van der Waals surface area contributed by atoms with Gasteiger partial charge in [-0.05, 0) is 24.1 Å². The molecule has 0 aromatic heterocycles. The summed E-state index contributed by atoms with van der Waals surface area (Å²) in [6, 6.07) is 16.3. The van der Waals surface area contributed by atoms with Gasteiger partial charge in [0.25, 0.3) is 0 Å². The summed E-state index contributed by atoms with van der Waals surface area (Å²) < 4.78 is 1.96. The van der Waals surface area contributed by atoms with Gasteiger partial charge in [-0.25, -0.2) is 4.58 Å². The average Bonchev–Trinajstić information content (AvgIpc) is 2.42. The van der Waals surface area contributed by atoms with Gasteiger partial charge < -0.3 is 5.73 Å². The number of aryl methyl sites for hydroxylation is 1. The molecule has 2 heteroatoms. The maximum Gasteiger partial charge on any atom is 0.204 e. The second-order valence-corrected chi connectivity index (χ2v) is 4.42. The number of para-hydroxylation sites is 1. The molecular formula is C16H19N2+. The minimum absolute atomic E-state index is 0.726. The molecule has 0 aliphatic carbocycles. The van der Waals surface area contributed by atoms with Crippen LogP contribution in [0.15, 0.2) is 48.5 Å². The quantitative estimate of drug-likeness (QED) is 0.494. The highest BCUT2D eigenvalue weighted by atomic mass is 15.0. The first kappa shape index (κ1) is 12.4. The van der Waals surface area contributed by atoms with E-state index in [2.05, 4.69) is 25.8 Å². The van der Waals surface area contributed by atoms with Gasteiger partial charge in [0.1, 0.15) is 6.72 Å². The predicted octanol–water partition coefficient (Wildman–Crippen LogP) is 3.38. The SMILES string of the molecule is C=[N+](Cc1cc(CC)ccc1N)c1ccccc1. The number of benzene rings is 2. The second-order valence-electron chi connectivity index (χ2n) is 4.42. The van der Waals surface area contributed by atoms with Gasteiger partial charge in [-0.1, -0.05) is 31.2 Å². The van der Waals surface area contributed by atoms with Crippen LogP contribution < -0.4 is 5.73 Å². The van der Waals surface area contributed by atoms with E-state index in [9.17, 15) is 0 Å². The van der Waals surface area contributed by atoms with E-state index < -0.39 is 0 Å². The topological polar surface area (TPSA) is 29.0 Å². The smallest absolute Gasteiger partial charge is 0.204 e. The van der Waals surface area contributed by atoms with E-state index in [-0.39, 0.29) is 0 Å². The Morgan fingerprint density at radius 3 is 2.50 bits per heavy atom. The molecule has 0 aliphatic heterocycles. The Kier molecular flexibility index (Phi) is 3.78. The van der Waals surface area contributed by atoms with Gasteiger partial charge in [0.05, 0.1) is 0 Å². The number of nitrogens with zero attached hydrogens (tertiary/aromatic N) is 1. The zero-order valence-electron chi connectivity index (χ0n) is 10.8. The van der Waals surface area contributed by atoms with Crippen LogP contribution in [0, 0.1) is 0 Å². The van der Waals surface area contributed by atoms with Gasteiger partial charge in [0.15, 0.2) is 6.54 Å². The minimum atomic E-state index is 0.726. The van der Waals surface area contributed by atoms with Crippen LogP contribution in [0.1, 0.15) is 18.1 Å². The average molecular weight is 239 g/mol. The Balaban J connectivity index is 2.21. The molecule has 0 bridgehead atoms. The molecule has 0 amide bonds. The van der Waals surface area contributed by atoms with Crippen LogP contribution in [-0.2, 0) is 13.0 Å². The Morgan fingerprint density at radius 1 is 1.11 bits per heavy atom. The van der Waals surface area contributed by atoms with Crippen molar-refractivity contribution in [1.82, 2.24) is 0 Å². The van der Waals surface area contributed by atoms with Crippen molar-refractivity contribution in [1.29, 1.82) is 0 Å². The van der Waals surface area contributed by atoms with E-state index in [0.717, 1.165) is 29.9 Å². The zero-order chi connectivity index (χ0) is 13.0. The Morgan fingerprint density at radius 2 is 1.83 bits per heavy atom. The van der Waals surface area contributed by atoms with Gasteiger partial charge in [0, 0.05) is 23.4 Å². The number of rotatable bonds is 4. The first-order chi connectivity index (χ1) is 8.70. The van der Waals surface area contributed by atoms with Crippen molar-refractivity contribution in [2.24, 2.45) is 0 Å². The van der Waals surface area contributed by atoms with Crippen molar-refractivity contribution in [3.63, 3.8) is 0 Å². The molecule has 0 spiro atoms. The summed E-state index contributed by atoms with van der Waals surface area (Å²) in [6.45, 7) is 6.95. The lowest BCUT2D eigenvalue weighted by atomic mass is 10.1. The van der Waals surface area contributed by atoms with E-state index in [0.29, 0.717) is 0 Å². The number of hydrogen-bond acceptors (Lipinski definition) is 1. The summed E-state index contributed by atoms with van der Waals surface area (Å²) in [5.41, 5.74) is 10.4. The molecule has 0 heterocycles. The first-order valence-electron chi connectivity index (χ1n) is 6.21. The fourth-order valence-electron chi connectivity index (χ4n) is 1.95. The van der Waals surface area contributed by atoms with Gasteiger partial charge in [-0.2, -0.15) is 0 Å². The highest BCUT2D eigenvalue weighted by molar-refractivity contribution is 5.48. The molecule has 92 valence electrons. The lowest BCUT2D eigenvalue weighted by Gasteiger charge is -2.06. The fourth-order valence-corrected chi connectivity index (χ4v) is 1.95. The number of hydrogen-bond donors (Lipinski definition) is 1. The van der Waals surface area contributed by atoms with E-state index in [1.807, 2.05) is 41.0 Å². The second kappa shape index (κ2) is 5.50. The summed E-state index contributed by atoms with van der Waals surface area (Å²) in [4.78, 5) is 0. The molecule has 0 saturated carbocycles. The van der Waals surface area contributed by atoms with Crippen LogP contribution in [0.4, 0.5) is 11.4 Å². The van der Waals surface area contributed by atoms with Crippen LogP contribution in [0.2, 0.25) is 0 Å². The number of anilines is 1. The van der Waals surface area contributed by atoms with E-state index >= 15 is 0 Å². The summed E-state index contributed by atoms with van der Waals surface area (Å²) in [5, 5.41) is 0. The first-order valence-corrected chi connectivity index (χ1v) is 6.21. The highest BCUT2D eigenvalue weighted by Gasteiger charge is 2.09. The van der Waals surface area contributed by atoms with Crippen molar-refractivity contribution >= 4 is 18.1 Å². The number of nitrogen functional groups attached to an aromatic ring is 1. The summed E-state index contributed by atoms with van der Waals surface area (Å²) in [7, 11) is 0. The van der Waals surface area contributed by atoms with Crippen LogP contribution >= 0.6 is 0 Å². The maximum atomic E-state index is 6.02. The van der Waals surface area contributed by atoms with Crippen molar-refractivity contribution in [2.45, 2.75) is 19.9 Å². The van der Waals surface area contributed by atoms with Crippen molar-refractivity contribution < 1.29 is 4.58 Å². The lowest BCUT2D eigenvalue weighted by Crippen LogP contribution is -2.06. The molecule has 2 N–H and O–H groups in total. The van der Waals surface area contributed by atoms with Gasteiger partial charge >= 0.3 is 0 Å². The Labute approximate surface area is 108 Å². The molecule has 2 aromatic rings. The Hall–Kier alpha value is -2.09. The van der Waals surface area contributed by atoms with Gasteiger partial charge in [-0.15, -0.1) is 0 Å². The molecule has 0 atom stereocenters. The van der Waals surface area contributed by atoms with Crippen LogP contribution in [0.3, 0.4) is 0 Å². The minimum Gasteiger partial charge on any atom is -0.398 e. The normalized spacial score (nSPS) is 10.3. The largest absolute Gasteiger partial charge is 0.398 e. The summed E-state index contributed by atoms with van der Waals surface area (Å²) >= 11 is 0. The summed E-state index contributed by atoms with van der Waals surface area (Å²) in [6.07, 6.45) is 1.02. The van der Waals surface area contributed by atoms with Crippen LogP contribution in [0.5, 0.6) is 0 Å². The number of nitrogens with two attached hydrogens (primary N) is 1. The van der Waals surface area contributed by atoms with E-state index in [1.165, 1.54) is 5.56 Å². The maximum absolute atomic E-state index is 6.02. The van der Waals surface area contributed by atoms with Gasteiger partial charge in [-0.3, -0.25) is 0 Å². The molecule has 0 aliphatic rings. The van der Waals surface area contributed by atoms with Gasteiger partial charge in [0.2, 0.25) is 5.69 Å². The monoisotopic (exact) mass is 239 g/mol. The van der Waals surface area contributed by atoms with Crippen molar-refractivity contribution in [3.05, 3.63) is 59.7 Å². The van der Waals surface area contributed by atoms with E-state index in [4.69, 9.17) is 5.73 Å². The third-order valence-corrected chi connectivity index (χ3v) is 3.10. The standard InChI is InChI=1S/C16H19N2/c1-3-13-9-10-16(17)14(11-13)12-18(2)15-7-5-4-6-8-15/h4-11H,2-3,12,17H2,1H3/q+1. The van der Waals surface area contributed by atoms with Crippen LogP contribution in [0.25, 0.3) is 0 Å². The molecule has 0 radical (unpaired) electrons. The molecule has 2 rings (SSSR count). The zero-order valence-corrected chi connectivity index (χ0v) is 10.8. The van der Waals surface area contributed by atoms with Crippen molar-refractivity contribution in [2.75, 3.05) is 5.73 Å². The molecule has 2 nitrogen and oxygen atoms in total. The predicted molar refractivity (Wildman–Crippen MR) is 77.4 cm³/mol. The molecule has 0 fully saturated rings. The molecule has 2 aromatic carbocycles. The molecule has 18 heavy (non-hydrogen) atoms. The van der Waals surface area contributed by atoms with Crippen LogP contribution in [-0.4, -0.2) is 11.3 Å². The fraction of sp³-hybridized carbons (Fsp3) is 0.188. The summed E-state index contributed by atoms with van der Waals surface area (Å²) in [5.74, 6) is 0.